The van der Waals surface area contributed by atoms with Crippen LogP contribution in [0.4, 0.5) is 0 Å². The Morgan fingerprint density at radius 1 is 1.33 bits per heavy atom. The summed E-state index contributed by atoms with van der Waals surface area (Å²) in [5, 5.41) is 0. The molecule has 1 atom stereocenters. The summed E-state index contributed by atoms with van der Waals surface area (Å²) in [6, 6.07) is 0. The van der Waals surface area contributed by atoms with Crippen LogP contribution in [0.15, 0.2) is 35.6 Å². The zero-order chi connectivity index (χ0) is 11.3. The van der Waals surface area contributed by atoms with Gasteiger partial charge in [-0.05, 0) is 24.3 Å². The van der Waals surface area contributed by atoms with Crippen LogP contribution in [-0.4, -0.2) is 18.5 Å². The molecule has 0 amide bonds. The number of hydrogen-bond acceptors (Lipinski definition) is 1. The summed E-state index contributed by atoms with van der Waals surface area (Å²) in [6.45, 7) is 7.35. The second kappa shape index (κ2) is 5.79. The molecule has 0 N–H and O–H groups in total. The summed E-state index contributed by atoms with van der Waals surface area (Å²) in [4.78, 5) is 2.32. The van der Waals surface area contributed by atoms with Crippen LogP contribution < -0.4 is 0 Å². The molecule has 1 aliphatic heterocycles. The molecule has 0 radical (unpaired) electrons. The average Bonchev–Trinajstić information content (AvgIpc) is 2.43. The Kier molecular flexibility index (Phi) is 4.67. The van der Waals surface area contributed by atoms with Gasteiger partial charge in [0.2, 0.25) is 0 Å². The fraction of sp³-hybridized carbons (Fsp3) is 0.571. The topological polar surface area (TPSA) is 3.24 Å². The van der Waals surface area contributed by atoms with E-state index in [0.717, 1.165) is 12.5 Å². The van der Waals surface area contributed by atoms with E-state index in [4.69, 9.17) is 0 Å². The highest BCUT2D eigenvalue weighted by atomic mass is 15.1. The van der Waals surface area contributed by atoms with Crippen molar-refractivity contribution in [3.63, 3.8) is 0 Å². The largest absolute Gasteiger partial charge is 0.371 e. The lowest BCUT2D eigenvalue weighted by molar-refractivity contribution is 0.465. The smallest absolute Gasteiger partial charge is 0.0396 e. The molecule has 0 saturated carbocycles. The van der Waals surface area contributed by atoms with E-state index in [-0.39, 0.29) is 0 Å². The van der Waals surface area contributed by atoms with Crippen LogP contribution in [0.1, 0.15) is 33.6 Å². The van der Waals surface area contributed by atoms with Crippen LogP contribution in [0.3, 0.4) is 0 Å². The number of nitrogens with zero attached hydrogens (tertiary/aromatic N) is 1. The van der Waals surface area contributed by atoms with E-state index in [1.165, 1.54) is 24.1 Å². The van der Waals surface area contributed by atoms with Crippen molar-refractivity contribution < 1.29 is 0 Å². The Labute approximate surface area is 94.2 Å². The van der Waals surface area contributed by atoms with Gasteiger partial charge in [-0.3, -0.25) is 0 Å². The summed E-state index contributed by atoms with van der Waals surface area (Å²) >= 11 is 0. The fourth-order valence-electron chi connectivity index (χ4n) is 2.03. The average molecular weight is 205 g/mol. The molecule has 1 unspecified atom stereocenters. The number of hydrogen-bond donors (Lipinski definition) is 0. The third-order valence-corrected chi connectivity index (χ3v) is 2.81. The van der Waals surface area contributed by atoms with Gasteiger partial charge in [0.05, 0.1) is 0 Å². The predicted molar refractivity (Wildman–Crippen MR) is 67.7 cm³/mol. The van der Waals surface area contributed by atoms with Crippen LogP contribution in [0, 0.1) is 5.92 Å². The first-order chi connectivity index (χ1) is 7.27. The number of allylic oxidation sites excluding steroid dienone is 3. The number of likely N-dealkylation sites (N-methyl/N-ethyl adjacent to an activating group) is 1. The first kappa shape index (κ1) is 12.1. The monoisotopic (exact) mass is 205 g/mol. The van der Waals surface area contributed by atoms with Gasteiger partial charge in [0.1, 0.15) is 0 Å². The lowest BCUT2D eigenvalue weighted by Crippen LogP contribution is -2.21. The van der Waals surface area contributed by atoms with E-state index < -0.39 is 0 Å². The van der Waals surface area contributed by atoms with Crippen LogP contribution >= 0.6 is 0 Å². The maximum absolute atomic E-state index is 2.39. The van der Waals surface area contributed by atoms with Crippen molar-refractivity contribution in [2.45, 2.75) is 33.6 Å². The van der Waals surface area contributed by atoms with Gasteiger partial charge < -0.3 is 4.90 Å². The Morgan fingerprint density at radius 2 is 2.07 bits per heavy atom. The van der Waals surface area contributed by atoms with E-state index in [9.17, 15) is 0 Å². The van der Waals surface area contributed by atoms with Crippen LogP contribution in [0.5, 0.6) is 0 Å². The van der Waals surface area contributed by atoms with Gasteiger partial charge in [0.25, 0.3) is 0 Å². The molecule has 2 rings (SSSR count). The van der Waals surface area contributed by atoms with Gasteiger partial charge in [-0.1, -0.05) is 45.1 Å². The van der Waals surface area contributed by atoms with Crippen molar-refractivity contribution in [1.82, 2.24) is 4.90 Å². The highest BCUT2D eigenvalue weighted by Crippen LogP contribution is 2.26. The molecule has 15 heavy (non-hydrogen) atoms. The quantitative estimate of drug-likeness (QED) is 0.582. The fourth-order valence-corrected chi connectivity index (χ4v) is 2.03. The molecule has 0 aromatic carbocycles. The lowest BCUT2D eigenvalue weighted by atomic mass is 10.0. The molecule has 1 nitrogen and oxygen atoms in total. The molecule has 1 heteroatoms. The minimum absolute atomic E-state index is 0.722. The standard InChI is InChI=1S/C12H17N.C2H6/c1-10-5-3-7-12-11(9-10)6-4-8-13(12)2;1-2/h4,6-7,9-10H,3,5,8H2,1-2H3;1-2H3. The van der Waals surface area contributed by atoms with Crippen molar-refractivity contribution in [3.8, 4) is 0 Å². The van der Waals surface area contributed by atoms with Crippen LogP contribution in [-0.2, 0) is 0 Å². The Bertz CT molecular complexity index is 284. The molecule has 84 valence electrons. The summed E-state index contributed by atoms with van der Waals surface area (Å²) in [6.07, 6.45) is 11.8. The van der Waals surface area contributed by atoms with E-state index in [1.54, 1.807) is 0 Å². The molecule has 2 aliphatic rings. The SMILES string of the molecule is CC.CC1C=C2C=CCN(C)C2=CCC1. The molecule has 0 aromatic rings. The summed E-state index contributed by atoms with van der Waals surface area (Å²) in [7, 11) is 2.17. The van der Waals surface area contributed by atoms with Crippen LogP contribution in [0.25, 0.3) is 0 Å². The van der Waals surface area contributed by atoms with Crippen LogP contribution in [0.2, 0.25) is 0 Å². The van der Waals surface area contributed by atoms with Crippen molar-refractivity contribution in [1.29, 1.82) is 0 Å². The van der Waals surface area contributed by atoms with Crippen molar-refractivity contribution in [2.75, 3.05) is 13.6 Å². The first-order valence-electron chi connectivity index (χ1n) is 6.07. The normalized spacial score (nSPS) is 24.3. The third-order valence-electron chi connectivity index (χ3n) is 2.81. The Morgan fingerprint density at radius 3 is 2.80 bits per heavy atom. The minimum atomic E-state index is 0.722. The zero-order valence-electron chi connectivity index (χ0n) is 10.5. The van der Waals surface area contributed by atoms with E-state index in [1.807, 2.05) is 13.8 Å². The molecule has 0 saturated heterocycles. The molecule has 0 fully saturated rings. The maximum Gasteiger partial charge on any atom is 0.0396 e. The van der Waals surface area contributed by atoms with Gasteiger partial charge in [0.15, 0.2) is 0 Å². The minimum Gasteiger partial charge on any atom is -0.371 e. The molecule has 0 aromatic heterocycles. The van der Waals surface area contributed by atoms with Gasteiger partial charge in [-0.15, -0.1) is 0 Å². The van der Waals surface area contributed by atoms with Crippen molar-refractivity contribution in [3.05, 3.63) is 35.6 Å². The van der Waals surface area contributed by atoms with E-state index in [2.05, 4.69) is 43.2 Å². The second-order valence-electron chi connectivity index (χ2n) is 4.05. The molecule has 0 bridgehead atoms. The Hall–Kier alpha value is -0.980. The second-order valence-corrected chi connectivity index (χ2v) is 4.05. The number of rotatable bonds is 0. The zero-order valence-corrected chi connectivity index (χ0v) is 10.5. The van der Waals surface area contributed by atoms with Gasteiger partial charge >= 0.3 is 0 Å². The lowest BCUT2D eigenvalue weighted by Gasteiger charge is -2.25. The Balaban J connectivity index is 0.000000531. The predicted octanol–water partition coefficient (Wildman–Crippen LogP) is 3.75. The van der Waals surface area contributed by atoms with E-state index >= 15 is 0 Å². The maximum atomic E-state index is 2.39. The van der Waals surface area contributed by atoms with Crippen molar-refractivity contribution >= 4 is 0 Å². The molecule has 1 heterocycles. The van der Waals surface area contributed by atoms with Gasteiger partial charge in [-0.25, -0.2) is 0 Å². The highest BCUT2D eigenvalue weighted by molar-refractivity contribution is 5.42. The third kappa shape index (κ3) is 2.98. The van der Waals surface area contributed by atoms with Gasteiger partial charge in [0, 0.05) is 19.3 Å². The molecule has 0 spiro atoms. The summed E-state index contributed by atoms with van der Waals surface area (Å²) in [5.74, 6) is 0.722. The molecule has 1 aliphatic carbocycles. The number of fused-ring (bicyclic) bond motifs is 1. The first-order valence-corrected chi connectivity index (χ1v) is 6.07. The molecular formula is C14H23N. The van der Waals surface area contributed by atoms with Crippen molar-refractivity contribution in [2.24, 2.45) is 5.92 Å². The van der Waals surface area contributed by atoms with E-state index in [0.29, 0.717) is 0 Å². The summed E-state index contributed by atoms with van der Waals surface area (Å²) < 4.78 is 0. The highest BCUT2D eigenvalue weighted by Gasteiger charge is 2.14. The van der Waals surface area contributed by atoms with Gasteiger partial charge in [-0.2, -0.15) is 0 Å². The molecular weight excluding hydrogens is 182 g/mol. The summed E-state index contributed by atoms with van der Waals surface area (Å²) in [5.41, 5.74) is 2.84.